The number of carbonyl (C=O) groups excluding carboxylic acids is 4. The van der Waals surface area contributed by atoms with Crippen molar-refractivity contribution < 1.29 is 38.6 Å². The Bertz CT molecular complexity index is 1210. The van der Waals surface area contributed by atoms with E-state index in [-0.39, 0.29) is 38.5 Å². The molecule has 1 unspecified atom stereocenters. The summed E-state index contributed by atoms with van der Waals surface area (Å²) in [6, 6.07) is 7.22. The van der Waals surface area contributed by atoms with Gasteiger partial charge in [0.2, 0.25) is 11.8 Å². The predicted octanol–water partition coefficient (Wildman–Crippen LogP) is 0.576. The molecule has 2 aromatic rings. The Morgan fingerprint density at radius 3 is 2.39 bits per heavy atom. The van der Waals surface area contributed by atoms with E-state index in [0.717, 1.165) is 4.90 Å². The van der Waals surface area contributed by atoms with Gasteiger partial charge in [-0.2, -0.15) is 0 Å². The Morgan fingerprint density at radius 2 is 1.76 bits per heavy atom. The molecule has 0 saturated carbocycles. The van der Waals surface area contributed by atoms with Crippen LogP contribution >= 0.6 is 0 Å². The zero-order valence-electron chi connectivity index (χ0n) is 21.5. The lowest BCUT2D eigenvalue weighted by Gasteiger charge is -2.36. The minimum atomic E-state index is -1.29. The molecule has 0 spiro atoms. The number of hydrogen-bond acceptors (Lipinski definition) is 8. The minimum Gasteiger partial charge on any atom is -0.496 e. The number of nitrogens with zero attached hydrogens (tertiary/aromatic N) is 4. The van der Waals surface area contributed by atoms with Crippen molar-refractivity contribution in [1.82, 2.24) is 25.0 Å². The first-order valence-electron chi connectivity index (χ1n) is 12.1. The van der Waals surface area contributed by atoms with E-state index in [9.17, 15) is 24.0 Å². The zero-order chi connectivity index (χ0) is 27.8. The molecule has 0 radical (unpaired) electrons. The van der Waals surface area contributed by atoms with E-state index in [1.807, 2.05) is 6.07 Å². The fraction of sp³-hybridized carbons (Fsp3) is 0.440. The predicted molar refractivity (Wildman–Crippen MR) is 135 cm³/mol. The summed E-state index contributed by atoms with van der Waals surface area (Å²) in [6.07, 6.45) is -0.941. The van der Waals surface area contributed by atoms with Crippen LogP contribution in [0.2, 0.25) is 0 Å². The van der Waals surface area contributed by atoms with Gasteiger partial charge in [0, 0.05) is 44.7 Å². The molecule has 204 valence electrons. The number of para-hydroxylation sites is 1. The summed E-state index contributed by atoms with van der Waals surface area (Å²) in [7, 11) is 2.76. The second kappa shape index (κ2) is 12.7. The van der Waals surface area contributed by atoms with Crippen LogP contribution in [0.25, 0.3) is 10.9 Å². The summed E-state index contributed by atoms with van der Waals surface area (Å²) in [5, 5.41) is 12.3. The first-order valence-corrected chi connectivity index (χ1v) is 12.1. The molecule has 1 aromatic heterocycles. The molecule has 13 heteroatoms. The number of nitrogens with one attached hydrogen (secondary N) is 1. The highest BCUT2D eigenvalue weighted by Gasteiger charge is 2.33. The first kappa shape index (κ1) is 28.2. The van der Waals surface area contributed by atoms with Crippen molar-refractivity contribution in [3.63, 3.8) is 0 Å². The van der Waals surface area contributed by atoms with Crippen molar-refractivity contribution in [3.05, 3.63) is 36.0 Å². The lowest BCUT2D eigenvalue weighted by Crippen LogP contribution is -2.56. The van der Waals surface area contributed by atoms with Crippen LogP contribution in [-0.2, 0) is 19.1 Å². The van der Waals surface area contributed by atoms with E-state index in [1.54, 1.807) is 25.1 Å². The SMILES string of the molecule is CCOC(=O)N1CCN(C(=O)C(CC(=O)N(C)CC(=O)O)NC(=O)c2cc(OC)c3ccccc3n2)CC1. The molecular weight excluding hydrogens is 498 g/mol. The highest BCUT2D eigenvalue weighted by atomic mass is 16.6. The number of piperazine rings is 1. The third-order valence-electron chi connectivity index (χ3n) is 6.03. The summed E-state index contributed by atoms with van der Waals surface area (Å²) in [5.41, 5.74) is 0.490. The fourth-order valence-corrected chi connectivity index (χ4v) is 4.03. The lowest BCUT2D eigenvalue weighted by atomic mass is 10.1. The number of carboxylic acids is 1. The molecular formula is C25H31N5O8. The Labute approximate surface area is 219 Å². The third kappa shape index (κ3) is 6.87. The van der Waals surface area contributed by atoms with E-state index < -0.39 is 48.8 Å². The number of ether oxygens (including phenoxy) is 2. The molecule has 1 aliphatic heterocycles. The quantitative estimate of drug-likeness (QED) is 0.474. The molecule has 38 heavy (non-hydrogen) atoms. The Hall–Kier alpha value is -4.42. The van der Waals surface area contributed by atoms with Crippen LogP contribution < -0.4 is 10.1 Å². The van der Waals surface area contributed by atoms with Crippen molar-refractivity contribution in [1.29, 1.82) is 0 Å². The van der Waals surface area contributed by atoms with Gasteiger partial charge in [-0.1, -0.05) is 12.1 Å². The van der Waals surface area contributed by atoms with Gasteiger partial charge in [-0.15, -0.1) is 0 Å². The van der Waals surface area contributed by atoms with Crippen LogP contribution in [0.3, 0.4) is 0 Å². The molecule has 3 rings (SSSR count). The normalized spacial score (nSPS) is 14.0. The van der Waals surface area contributed by atoms with Crippen LogP contribution in [0.1, 0.15) is 23.8 Å². The van der Waals surface area contributed by atoms with E-state index in [4.69, 9.17) is 14.6 Å². The summed E-state index contributed by atoms with van der Waals surface area (Å²) >= 11 is 0. The number of hydrogen-bond donors (Lipinski definition) is 2. The maximum Gasteiger partial charge on any atom is 0.409 e. The van der Waals surface area contributed by atoms with Crippen LogP contribution in [0.4, 0.5) is 4.79 Å². The molecule has 0 aliphatic carbocycles. The van der Waals surface area contributed by atoms with E-state index in [0.29, 0.717) is 16.7 Å². The van der Waals surface area contributed by atoms with Crippen LogP contribution in [0.5, 0.6) is 5.75 Å². The molecule has 2 N–H and O–H groups in total. The average molecular weight is 530 g/mol. The second-order valence-electron chi connectivity index (χ2n) is 8.61. The maximum atomic E-state index is 13.4. The highest BCUT2D eigenvalue weighted by Crippen LogP contribution is 2.25. The summed E-state index contributed by atoms with van der Waals surface area (Å²) in [4.78, 5) is 70.6. The number of pyridine rings is 1. The standard InChI is InChI=1S/C25H31N5O8/c1-4-38-25(36)30-11-9-29(10-12-30)24(35)19(14-21(31)28(2)15-22(32)33)27-23(34)18-13-20(37-3)16-7-5-6-8-17(16)26-18/h5-8,13,19H,4,9-12,14-15H2,1-3H3,(H,27,34)(H,32,33). The number of aliphatic carboxylic acids is 1. The monoisotopic (exact) mass is 529 g/mol. The number of fused-ring (bicyclic) bond motifs is 1. The Morgan fingerprint density at radius 1 is 1.11 bits per heavy atom. The number of methoxy groups -OCH3 is 1. The average Bonchev–Trinajstić information content (AvgIpc) is 2.91. The largest absolute Gasteiger partial charge is 0.496 e. The number of rotatable bonds is 9. The van der Waals surface area contributed by atoms with Gasteiger partial charge < -0.3 is 34.6 Å². The van der Waals surface area contributed by atoms with Gasteiger partial charge in [-0.3, -0.25) is 19.2 Å². The van der Waals surface area contributed by atoms with Crippen molar-refractivity contribution in [3.8, 4) is 5.75 Å². The summed E-state index contributed by atoms with van der Waals surface area (Å²) in [6.45, 7) is 2.16. The molecule has 1 saturated heterocycles. The zero-order valence-corrected chi connectivity index (χ0v) is 21.5. The summed E-state index contributed by atoms with van der Waals surface area (Å²) < 4.78 is 10.4. The summed E-state index contributed by atoms with van der Waals surface area (Å²) in [5.74, 6) is -2.68. The molecule has 1 fully saturated rings. The van der Waals surface area contributed by atoms with Gasteiger partial charge in [0.25, 0.3) is 5.91 Å². The number of benzene rings is 1. The molecule has 4 amide bonds. The molecule has 2 heterocycles. The highest BCUT2D eigenvalue weighted by molar-refractivity contribution is 6.00. The van der Waals surface area contributed by atoms with Gasteiger partial charge >= 0.3 is 12.1 Å². The topological polar surface area (TPSA) is 159 Å². The maximum absolute atomic E-state index is 13.4. The smallest absolute Gasteiger partial charge is 0.409 e. The molecule has 1 aliphatic rings. The van der Waals surface area contributed by atoms with Gasteiger partial charge in [0.15, 0.2) is 0 Å². The first-order chi connectivity index (χ1) is 18.1. The van der Waals surface area contributed by atoms with Gasteiger partial charge in [-0.25, -0.2) is 9.78 Å². The molecule has 13 nitrogen and oxygen atoms in total. The number of aromatic nitrogens is 1. The number of likely N-dealkylation sites (N-methyl/N-ethyl adjacent to an activating group) is 1. The van der Waals surface area contributed by atoms with E-state index in [1.165, 1.54) is 30.0 Å². The second-order valence-corrected chi connectivity index (χ2v) is 8.61. The van der Waals surface area contributed by atoms with E-state index in [2.05, 4.69) is 10.3 Å². The Balaban J connectivity index is 1.81. The van der Waals surface area contributed by atoms with Crippen molar-refractivity contribution in [2.75, 3.05) is 53.5 Å². The number of carbonyl (C=O) groups is 5. The Kier molecular flexibility index (Phi) is 9.41. The molecule has 0 bridgehead atoms. The van der Waals surface area contributed by atoms with Crippen LogP contribution in [-0.4, -0.2) is 114 Å². The van der Waals surface area contributed by atoms with Gasteiger partial charge in [0.1, 0.15) is 24.0 Å². The molecule has 1 aromatic carbocycles. The van der Waals surface area contributed by atoms with Crippen LogP contribution in [0, 0.1) is 0 Å². The fourth-order valence-electron chi connectivity index (χ4n) is 4.03. The lowest BCUT2D eigenvalue weighted by molar-refractivity contribution is -0.144. The third-order valence-corrected chi connectivity index (χ3v) is 6.03. The number of amides is 4. The van der Waals surface area contributed by atoms with Gasteiger partial charge in [0.05, 0.1) is 25.7 Å². The number of carboxylic acid groups (broad SMARTS) is 1. The van der Waals surface area contributed by atoms with Gasteiger partial charge in [-0.05, 0) is 19.1 Å². The van der Waals surface area contributed by atoms with E-state index >= 15 is 0 Å². The molecule has 1 atom stereocenters. The van der Waals surface area contributed by atoms with Crippen molar-refractivity contribution >= 4 is 40.7 Å². The van der Waals surface area contributed by atoms with Crippen molar-refractivity contribution in [2.45, 2.75) is 19.4 Å². The van der Waals surface area contributed by atoms with Crippen LogP contribution in [0.15, 0.2) is 30.3 Å². The van der Waals surface area contributed by atoms with Crippen molar-refractivity contribution in [2.24, 2.45) is 0 Å². The minimum absolute atomic E-state index is 0.0168.